The fraction of sp³-hybridized carbons (Fsp3) is 0.538. The van der Waals surface area contributed by atoms with Crippen molar-refractivity contribution in [1.29, 1.82) is 0 Å². The van der Waals surface area contributed by atoms with Crippen LogP contribution in [-0.2, 0) is 5.54 Å². The van der Waals surface area contributed by atoms with Gasteiger partial charge in [-0.15, -0.1) is 0 Å². The number of hydrogen-bond donors (Lipinski definition) is 1. The Morgan fingerprint density at radius 1 is 1.24 bits per heavy atom. The first-order valence-electron chi connectivity index (χ1n) is 5.74. The van der Waals surface area contributed by atoms with Crippen LogP contribution in [0.2, 0.25) is 0 Å². The van der Waals surface area contributed by atoms with Gasteiger partial charge in [0, 0.05) is 21.1 Å². The molecule has 17 heavy (non-hydrogen) atoms. The zero-order chi connectivity index (χ0) is 12.6. The predicted molar refractivity (Wildman–Crippen MR) is 71.7 cm³/mol. The van der Waals surface area contributed by atoms with Crippen molar-refractivity contribution in [3.8, 4) is 11.5 Å². The van der Waals surface area contributed by atoms with Gasteiger partial charge in [-0.3, -0.25) is 0 Å². The second kappa shape index (κ2) is 4.50. The Labute approximate surface area is 110 Å². The molecule has 2 N–H and O–H groups in total. The summed E-state index contributed by atoms with van der Waals surface area (Å²) in [6.07, 6.45) is 3.18. The molecular weight excluding hydrogens is 282 g/mol. The van der Waals surface area contributed by atoms with Crippen molar-refractivity contribution >= 4 is 15.9 Å². The Bertz CT molecular complexity index is 442. The summed E-state index contributed by atoms with van der Waals surface area (Å²) >= 11 is 3.56. The van der Waals surface area contributed by atoms with E-state index in [-0.39, 0.29) is 5.54 Å². The molecule has 4 heteroatoms. The van der Waals surface area contributed by atoms with E-state index in [1.807, 2.05) is 6.92 Å². The van der Waals surface area contributed by atoms with Gasteiger partial charge in [-0.2, -0.15) is 0 Å². The lowest BCUT2D eigenvalue weighted by Crippen LogP contribution is -2.43. The highest BCUT2D eigenvalue weighted by Crippen LogP contribution is 2.48. The number of benzene rings is 1. The monoisotopic (exact) mass is 299 g/mol. The molecule has 0 atom stereocenters. The van der Waals surface area contributed by atoms with Crippen LogP contribution in [0.25, 0.3) is 0 Å². The van der Waals surface area contributed by atoms with E-state index in [9.17, 15) is 0 Å². The Balaban J connectivity index is 2.62. The van der Waals surface area contributed by atoms with Crippen LogP contribution in [0, 0.1) is 6.92 Å². The SMILES string of the molecule is COc1c(C2(N)CCC2)cc(Br)c(C)c1OC. The van der Waals surface area contributed by atoms with E-state index >= 15 is 0 Å². The fourth-order valence-electron chi connectivity index (χ4n) is 2.35. The molecule has 0 saturated heterocycles. The molecule has 1 fully saturated rings. The highest BCUT2D eigenvalue weighted by molar-refractivity contribution is 9.10. The van der Waals surface area contributed by atoms with Crippen molar-refractivity contribution in [1.82, 2.24) is 0 Å². The van der Waals surface area contributed by atoms with E-state index in [1.165, 1.54) is 6.42 Å². The average Bonchev–Trinajstić information content (AvgIpc) is 2.28. The maximum absolute atomic E-state index is 6.39. The number of ether oxygens (including phenoxy) is 2. The van der Waals surface area contributed by atoms with Crippen LogP contribution in [0.5, 0.6) is 11.5 Å². The molecule has 0 heterocycles. The van der Waals surface area contributed by atoms with Crippen molar-refractivity contribution in [2.45, 2.75) is 31.7 Å². The van der Waals surface area contributed by atoms with Gasteiger partial charge in [0.25, 0.3) is 0 Å². The number of halogens is 1. The first kappa shape index (κ1) is 12.7. The van der Waals surface area contributed by atoms with Gasteiger partial charge in [-0.1, -0.05) is 15.9 Å². The summed E-state index contributed by atoms with van der Waals surface area (Å²) in [4.78, 5) is 0. The maximum Gasteiger partial charge on any atom is 0.166 e. The van der Waals surface area contributed by atoms with E-state index < -0.39 is 0 Å². The number of hydrogen-bond acceptors (Lipinski definition) is 3. The molecule has 0 spiro atoms. The fourth-order valence-corrected chi connectivity index (χ4v) is 2.76. The van der Waals surface area contributed by atoms with Crippen LogP contribution < -0.4 is 15.2 Å². The van der Waals surface area contributed by atoms with E-state index in [4.69, 9.17) is 15.2 Å². The minimum Gasteiger partial charge on any atom is -0.493 e. The minimum atomic E-state index is -0.255. The Hall–Kier alpha value is -0.740. The summed E-state index contributed by atoms with van der Waals surface area (Å²) in [6.45, 7) is 2.00. The lowest BCUT2D eigenvalue weighted by atomic mass is 9.72. The molecule has 2 rings (SSSR count). The van der Waals surface area contributed by atoms with Gasteiger partial charge < -0.3 is 15.2 Å². The van der Waals surface area contributed by atoms with Crippen molar-refractivity contribution in [2.75, 3.05) is 14.2 Å². The van der Waals surface area contributed by atoms with Crippen LogP contribution in [0.4, 0.5) is 0 Å². The molecule has 0 aliphatic heterocycles. The van der Waals surface area contributed by atoms with Gasteiger partial charge >= 0.3 is 0 Å². The van der Waals surface area contributed by atoms with E-state index in [2.05, 4.69) is 22.0 Å². The van der Waals surface area contributed by atoms with E-state index in [1.54, 1.807) is 14.2 Å². The quantitative estimate of drug-likeness (QED) is 0.933. The molecule has 1 aromatic rings. The summed E-state index contributed by atoms with van der Waals surface area (Å²) < 4.78 is 12.0. The zero-order valence-electron chi connectivity index (χ0n) is 10.5. The highest BCUT2D eigenvalue weighted by atomic mass is 79.9. The average molecular weight is 300 g/mol. The van der Waals surface area contributed by atoms with Crippen molar-refractivity contribution in [3.63, 3.8) is 0 Å². The van der Waals surface area contributed by atoms with Gasteiger partial charge in [0.2, 0.25) is 0 Å². The van der Waals surface area contributed by atoms with Gasteiger partial charge in [-0.05, 0) is 32.3 Å². The van der Waals surface area contributed by atoms with Crippen LogP contribution in [0.3, 0.4) is 0 Å². The lowest BCUT2D eigenvalue weighted by molar-refractivity contribution is 0.240. The van der Waals surface area contributed by atoms with Gasteiger partial charge in [0.15, 0.2) is 11.5 Å². The summed E-state index contributed by atoms with van der Waals surface area (Å²) in [5, 5.41) is 0. The van der Waals surface area contributed by atoms with Gasteiger partial charge in [0.1, 0.15) is 0 Å². The van der Waals surface area contributed by atoms with Crippen LogP contribution in [0.15, 0.2) is 10.5 Å². The molecule has 94 valence electrons. The van der Waals surface area contributed by atoms with Gasteiger partial charge in [0.05, 0.1) is 14.2 Å². The summed E-state index contributed by atoms with van der Waals surface area (Å²) in [5.74, 6) is 1.55. The maximum atomic E-state index is 6.39. The Morgan fingerprint density at radius 2 is 1.82 bits per heavy atom. The third-order valence-electron chi connectivity index (χ3n) is 3.61. The number of nitrogens with two attached hydrogens (primary N) is 1. The van der Waals surface area contributed by atoms with E-state index in [0.717, 1.165) is 39.9 Å². The summed E-state index contributed by atoms with van der Waals surface area (Å²) in [5.41, 5.74) is 8.21. The van der Waals surface area contributed by atoms with Crippen LogP contribution >= 0.6 is 15.9 Å². The molecule has 0 unspecified atom stereocenters. The molecular formula is C13H18BrNO2. The molecule has 3 nitrogen and oxygen atoms in total. The standard InChI is InChI=1S/C13H18BrNO2/c1-8-10(14)7-9(13(15)5-4-6-13)12(17-3)11(8)16-2/h7H,4-6,15H2,1-3H3. The van der Waals surface area contributed by atoms with Crippen molar-refractivity contribution < 1.29 is 9.47 Å². The third kappa shape index (κ3) is 1.93. The minimum absolute atomic E-state index is 0.255. The summed E-state index contributed by atoms with van der Waals surface area (Å²) in [6, 6.07) is 2.07. The van der Waals surface area contributed by atoms with E-state index in [0.29, 0.717) is 0 Å². The molecule has 1 saturated carbocycles. The van der Waals surface area contributed by atoms with Crippen molar-refractivity contribution in [2.24, 2.45) is 5.73 Å². The van der Waals surface area contributed by atoms with Gasteiger partial charge in [-0.25, -0.2) is 0 Å². The van der Waals surface area contributed by atoms with Crippen LogP contribution in [-0.4, -0.2) is 14.2 Å². The Kier molecular flexibility index (Phi) is 3.36. The smallest absolute Gasteiger partial charge is 0.166 e. The predicted octanol–water partition coefficient (Wildman–Crippen LogP) is 3.11. The number of methoxy groups -OCH3 is 2. The largest absolute Gasteiger partial charge is 0.493 e. The molecule has 0 aromatic heterocycles. The molecule has 0 amide bonds. The highest BCUT2D eigenvalue weighted by Gasteiger charge is 2.38. The molecule has 1 aliphatic rings. The molecule has 0 radical (unpaired) electrons. The molecule has 1 aromatic carbocycles. The molecule has 0 bridgehead atoms. The zero-order valence-corrected chi connectivity index (χ0v) is 12.1. The Morgan fingerprint density at radius 3 is 2.24 bits per heavy atom. The summed E-state index contributed by atoms with van der Waals surface area (Å²) in [7, 11) is 3.32. The molecule has 1 aliphatic carbocycles. The lowest BCUT2D eigenvalue weighted by Gasteiger charge is -2.40. The van der Waals surface area contributed by atoms with Crippen LogP contribution in [0.1, 0.15) is 30.4 Å². The van der Waals surface area contributed by atoms with Crippen molar-refractivity contribution in [3.05, 3.63) is 21.7 Å². The number of rotatable bonds is 3. The first-order chi connectivity index (χ1) is 8.03. The second-order valence-electron chi connectivity index (χ2n) is 4.61. The second-order valence-corrected chi connectivity index (χ2v) is 5.46. The normalized spacial score (nSPS) is 17.5. The third-order valence-corrected chi connectivity index (χ3v) is 4.43. The first-order valence-corrected chi connectivity index (χ1v) is 6.53. The topological polar surface area (TPSA) is 44.5 Å².